The van der Waals surface area contributed by atoms with E-state index in [1.54, 1.807) is 12.1 Å². The van der Waals surface area contributed by atoms with Gasteiger partial charge in [0.25, 0.3) is 11.8 Å². The Hall–Kier alpha value is -3.76. The van der Waals surface area contributed by atoms with Crippen molar-refractivity contribution >= 4 is 23.6 Å². The average Bonchev–Trinajstić information content (AvgIpc) is 3.08. The third-order valence-electron chi connectivity index (χ3n) is 5.23. The molecule has 0 bridgehead atoms. The highest BCUT2D eigenvalue weighted by Gasteiger charge is 2.42. The normalized spacial score (nSPS) is 18.6. The van der Waals surface area contributed by atoms with E-state index in [0.717, 1.165) is 18.6 Å². The molecule has 0 aliphatic carbocycles. The Bertz CT molecular complexity index is 1080. The van der Waals surface area contributed by atoms with Crippen molar-refractivity contribution in [3.63, 3.8) is 0 Å². The number of carbonyl (C=O) groups is 4. The zero-order valence-electron chi connectivity index (χ0n) is 16.1. The Labute approximate surface area is 174 Å². The van der Waals surface area contributed by atoms with Gasteiger partial charge in [0.05, 0.1) is 0 Å². The van der Waals surface area contributed by atoms with Crippen LogP contribution in [0.1, 0.15) is 40.0 Å². The summed E-state index contributed by atoms with van der Waals surface area (Å²) in [5.41, 5.74) is 0.818. The summed E-state index contributed by atoms with van der Waals surface area (Å²) in [5, 5.41) is 4.40. The summed E-state index contributed by atoms with van der Waals surface area (Å²) < 4.78 is 28.5. The minimum absolute atomic E-state index is 0.147. The van der Waals surface area contributed by atoms with Crippen LogP contribution in [-0.2, 0) is 33.4 Å². The molecular weight excluding hydrogens is 412 g/mol. The lowest BCUT2D eigenvalue weighted by Crippen LogP contribution is -2.52. The van der Waals surface area contributed by atoms with Gasteiger partial charge in [0.15, 0.2) is 0 Å². The molecule has 2 aliphatic rings. The Kier molecular flexibility index (Phi) is 5.17. The van der Waals surface area contributed by atoms with E-state index < -0.39 is 29.5 Å². The molecule has 1 atom stereocenters. The smallest absolute Gasteiger partial charge is 0.346 e. The number of rotatable bonds is 5. The number of benzene rings is 1. The Morgan fingerprint density at radius 1 is 1.26 bits per heavy atom. The molecule has 1 saturated heterocycles. The van der Waals surface area contributed by atoms with Gasteiger partial charge in [-0.05, 0) is 29.7 Å². The van der Waals surface area contributed by atoms with Crippen LogP contribution >= 0.6 is 0 Å². The molecule has 1 aromatic carbocycles. The maximum Gasteiger partial charge on any atom is 0.366 e. The number of amides is 4. The van der Waals surface area contributed by atoms with Gasteiger partial charge in [-0.1, -0.05) is 12.1 Å². The van der Waals surface area contributed by atoms with Gasteiger partial charge in [-0.25, -0.2) is 9.97 Å². The number of hydrogen-bond donors (Lipinski definition) is 2. The fourth-order valence-electron chi connectivity index (χ4n) is 3.62. The molecular formula is C20H17F2N5O4. The Morgan fingerprint density at radius 2 is 2.06 bits per heavy atom. The van der Waals surface area contributed by atoms with Gasteiger partial charge in [0.1, 0.15) is 18.1 Å². The van der Waals surface area contributed by atoms with Crippen molar-refractivity contribution in [3.05, 3.63) is 59.2 Å². The lowest BCUT2D eigenvalue weighted by molar-refractivity contribution is -0.147. The van der Waals surface area contributed by atoms with Crippen LogP contribution in [0.25, 0.3) is 0 Å². The standard InChI is InChI=1S/C20H17F2N5O4/c21-20(22,15-5-6-23-10-25-15)19(31)24-8-11-1-2-13-12(7-11)9-27(18(13)30)14-3-4-16(28)26-17(14)29/h1-2,5-7,10,14H,3-4,8-9H2,(H,24,31)(H,26,28,29)/t14-/m1/s1. The van der Waals surface area contributed by atoms with Crippen molar-refractivity contribution in [1.29, 1.82) is 0 Å². The van der Waals surface area contributed by atoms with Crippen LogP contribution in [0.2, 0.25) is 0 Å². The predicted octanol–water partition coefficient (Wildman–Crippen LogP) is 0.646. The second kappa shape index (κ2) is 7.82. The lowest BCUT2D eigenvalue weighted by atomic mass is 10.0. The van der Waals surface area contributed by atoms with E-state index in [9.17, 15) is 28.0 Å². The molecule has 0 radical (unpaired) electrons. The fraction of sp³-hybridized carbons (Fsp3) is 0.300. The molecule has 2 aliphatic heterocycles. The summed E-state index contributed by atoms with van der Waals surface area (Å²) in [7, 11) is 0. The number of nitrogens with one attached hydrogen (secondary N) is 2. The topological polar surface area (TPSA) is 121 Å². The van der Waals surface area contributed by atoms with Gasteiger partial charge in [0, 0.05) is 31.3 Å². The largest absolute Gasteiger partial charge is 0.366 e. The molecule has 4 rings (SSSR count). The zero-order valence-corrected chi connectivity index (χ0v) is 16.1. The van der Waals surface area contributed by atoms with Crippen molar-refractivity contribution in [2.45, 2.75) is 37.9 Å². The average molecular weight is 429 g/mol. The summed E-state index contributed by atoms with van der Waals surface area (Å²) >= 11 is 0. The highest BCUT2D eigenvalue weighted by Crippen LogP contribution is 2.29. The van der Waals surface area contributed by atoms with Gasteiger partial charge < -0.3 is 10.2 Å². The molecule has 2 aromatic rings. The number of halogens is 2. The number of aromatic nitrogens is 2. The first-order valence-electron chi connectivity index (χ1n) is 9.46. The molecule has 0 spiro atoms. The van der Waals surface area contributed by atoms with E-state index in [-0.39, 0.29) is 37.7 Å². The first-order chi connectivity index (χ1) is 14.8. The quantitative estimate of drug-likeness (QED) is 0.673. The van der Waals surface area contributed by atoms with E-state index in [2.05, 4.69) is 20.6 Å². The molecule has 3 heterocycles. The molecule has 0 saturated carbocycles. The summed E-state index contributed by atoms with van der Waals surface area (Å²) in [6, 6.07) is 4.93. The van der Waals surface area contributed by atoms with E-state index in [1.165, 1.54) is 11.0 Å². The first kappa shape index (κ1) is 20.5. The third kappa shape index (κ3) is 3.86. The molecule has 11 heteroatoms. The second-order valence-corrected chi connectivity index (χ2v) is 7.24. The third-order valence-corrected chi connectivity index (χ3v) is 5.23. The maximum absolute atomic E-state index is 14.2. The van der Waals surface area contributed by atoms with Gasteiger partial charge in [-0.3, -0.25) is 24.5 Å². The van der Waals surface area contributed by atoms with Crippen molar-refractivity contribution in [3.8, 4) is 0 Å². The number of alkyl halides is 2. The highest BCUT2D eigenvalue weighted by atomic mass is 19.3. The lowest BCUT2D eigenvalue weighted by Gasteiger charge is -2.29. The van der Waals surface area contributed by atoms with Crippen molar-refractivity contribution < 1.29 is 28.0 Å². The van der Waals surface area contributed by atoms with E-state index in [1.807, 2.05) is 0 Å². The first-order valence-corrected chi connectivity index (χ1v) is 9.46. The molecule has 9 nitrogen and oxygen atoms in total. The summed E-state index contributed by atoms with van der Waals surface area (Å²) in [4.78, 5) is 56.4. The van der Waals surface area contributed by atoms with Crippen LogP contribution in [-0.4, -0.2) is 44.5 Å². The minimum atomic E-state index is -3.82. The van der Waals surface area contributed by atoms with E-state index in [0.29, 0.717) is 16.7 Å². The van der Waals surface area contributed by atoms with Gasteiger partial charge >= 0.3 is 5.92 Å². The number of piperidine rings is 1. The monoisotopic (exact) mass is 429 g/mol. The summed E-state index contributed by atoms with van der Waals surface area (Å²) in [6.07, 6.45) is 2.44. The van der Waals surface area contributed by atoms with Gasteiger partial charge in [0.2, 0.25) is 11.8 Å². The number of imide groups is 1. The highest BCUT2D eigenvalue weighted by molar-refractivity contribution is 6.05. The fourth-order valence-corrected chi connectivity index (χ4v) is 3.62. The molecule has 2 N–H and O–H groups in total. The summed E-state index contributed by atoms with van der Waals surface area (Å²) in [5.74, 6) is -6.56. The van der Waals surface area contributed by atoms with Gasteiger partial charge in [-0.2, -0.15) is 8.78 Å². The van der Waals surface area contributed by atoms with E-state index >= 15 is 0 Å². The SMILES string of the molecule is O=C1CC[C@@H](N2Cc3cc(CNC(=O)C(F)(F)c4ccncn4)ccc3C2=O)C(=O)N1. The molecule has 160 valence electrons. The maximum atomic E-state index is 14.2. The summed E-state index contributed by atoms with van der Waals surface area (Å²) in [6.45, 7) is -0.0290. The second-order valence-electron chi connectivity index (χ2n) is 7.24. The number of hydrogen-bond acceptors (Lipinski definition) is 6. The van der Waals surface area contributed by atoms with Crippen LogP contribution in [0, 0.1) is 0 Å². The number of nitrogens with zero attached hydrogens (tertiary/aromatic N) is 3. The predicted molar refractivity (Wildman–Crippen MR) is 100 cm³/mol. The molecule has 1 fully saturated rings. The number of carbonyl (C=O) groups excluding carboxylic acids is 4. The minimum Gasteiger partial charge on any atom is -0.346 e. The number of fused-ring (bicyclic) bond motifs is 1. The van der Waals surface area contributed by atoms with Crippen LogP contribution in [0.15, 0.2) is 36.8 Å². The molecule has 1 aromatic heterocycles. The van der Waals surface area contributed by atoms with Crippen molar-refractivity contribution in [2.75, 3.05) is 0 Å². The Morgan fingerprint density at radius 3 is 2.77 bits per heavy atom. The van der Waals surface area contributed by atoms with Crippen LogP contribution in [0.3, 0.4) is 0 Å². The Balaban J connectivity index is 1.43. The van der Waals surface area contributed by atoms with Crippen molar-refractivity contribution in [1.82, 2.24) is 25.5 Å². The zero-order chi connectivity index (χ0) is 22.2. The van der Waals surface area contributed by atoms with Crippen molar-refractivity contribution in [2.24, 2.45) is 0 Å². The molecule has 31 heavy (non-hydrogen) atoms. The van der Waals surface area contributed by atoms with Crippen LogP contribution in [0.4, 0.5) is 8.78 Å². The molecule has 4 amide bonds. The van der Waals surface area contributed by atoms with E-state index in [4.69, 9.17) is 0 Å². The van der Waals surface area contributed by atoms with Gasteiger partial charge in [-0.15, -0.1) is 0 Å². The molecule has 0 unspecified atom stereocenters. The van der Waals surface area contributed by atoms with Crippen LogP contribution < -0.4 is 10.6 Å². The van der Waals surface area contributed by atoms with Crippen LogP contribution in [0.5, 0.6) is 0 Å².